The average molecular weight is 361 g/mol. The summed E-state index contributed by atoms with van der Waals surface area (Å²) in [7, 11) is 0. The second-order valence-corrected chi connectivity index (χ2v) is 6.77. The number of carbonyl (C=O) groups is 3. The van der Waals surface area contributed by atoms with Gasteiger partial charge in [-0.1, -0.05) is 43.4 Å². The Morgan fingerprint density at radius 3 is 2.48 bits per heavy atom. The number of nitrogens with one attached hydrogen (secondary N) is 2. The molecule has 2 aromatic rings. The molecule has 2 rings (SSSR count). The van der Waals surface area contributed by atoms with E-state index in [1.807, 2.05) is 0 Å². The lowest BCUT2D eigenvalue weighted by molar-refractivity contribution is -0.254. The fraction of sp³-hybridized carbons (Fsp3) is 0.312. The maximum atomic E-state index is 11.9. The molecule has 0 unspecified atom stereocenters. The Morgan fingerprint density at radius 2 is 1.80 bits per heavy atom. The number of carbonyl (C=O) groups excluding carboxylic acids is 3. The summed E-state index contributed by atoms with van der Waals surface area (Å²) in [4.78, 5) is 34.8. The minimum absolute atomic E-state index is 0.0791. The molecular formula is C16H17N4O4S-. The van der Waals surface area contributed by atoms with E-state index in [1.54, 1.807) is 6.07 Å². The molecule has 0 aliphatic carbocycles. The zero-order valence-electron chi connectivity index (χ0n) is 13.7. The van der Waals surface area contributed by atoms with Crippen molar-refractivity contribution in [2.24, 2.45) is 5.92 Å². The number of amides is 2. The molecule has 1 heterocycles. The summed E-state index contributed by atoms with van der Waals surface area (Å²) >= 11 is 1.26. The van der Waals surface area contributed by atoms with Crippen LogP contribution in [0.25, 0.3) is 0 Å². The first-order valence-corrected chi connectivity index (χ1v) is 8.39. The molecule has 0 atom stereocenters. The molecule has 2 N–H and O–H groups in total. The predicted octanol–water partition coefficient (Wildman–Crippen LogP) is 1.07. The maximum Gasteiger partial charge on any atom is 0.235 e. The van der Waals surface area contributed by atoms with Crippen LogP contribution in [0.5, 0.6) is 0 Å². The lowest BCUT2D eigenvalue weighted by atomic mass is 10.1. The Bertz CT molecular complexity index is 788. The van der Waals surface area contributed by atoms with Crippen LogP contribution in [0.15, 0.2) is 24.3 Å². The smallest absolute Gasteiger partial charge is 0.235 e. The van der Waals surface area contributed by atoms with Crippen LogP contribution in [0, 0.1) is 5.92 Å². The molecule has 9 heteroatoms. The van der Waals surface area contributed by atoms with E-state index in [1.165, 1.54) is 29.5 Å². The minimum atomic E-state index is -1.41. The van der Waals surface area contributed by atoms with Gasteiger partial charge in [0.1, 0.15) is 11.4 Å². The van der Waals surface area contributed by atoms with Crippen LogP contribution in [0.3, 0.4) is 0 Å². The van der Waals surface area contributed by atoms with Crippen LogP contribution >= 0.6 is 11.3 Å². The van der Waals surface area contributed by atoms with E-state index in [9.17, 15) is 19.5 Å². The van der Waals surface area contributed by atoms with Crippen molar-refractivity contribution < 1.29 is 19.5 Å². The first-order valence-electron chi connectivity index (χ1n) is 7.57. The molecule has 0 radical (unpaired) electrons. The molecule has 0 saturated heterocycles. The van der Waals surface area contributed by atoms with Crippen molar-refractivity contribution in [3.05, 3.63) is 34.8 Å². The van der Waals surface area contributed by atoms with Gasteiger partial charge in [0.25, 0.3) is 0 Å². The van der Waals surface area contributed by atoms with Gasteiger partial charge < -0.3 is 20.5 Å². The Balaban J connectivity index is 1.91. The van der Waals surface area contributed by atoms with E-state index in [2.05, 4.69) is 34.7 Å². The molecule has 0 aliphatic heterocycles. The monoisotopic (exact) mass is 361 g/mol. The van der Waals surface area contributed by atoms with Gasteiger partial charge >= 0.3 is 0 Å². The van der Waals surface area contributed by atoms with E-state index in [4.69, 9.17) is 0 Å². The van der Waals surface area contributed by atoms with Crippen LogP contribution in [-0.4, -0.2) is 28.0 Å². The van der Waals surface area contributed by atoms with Crippen molar-refractivity contribution in [2.45, 2.75) is 26.7 Å². The molecule has 0 aliphatic rings. The minimum Gasteiger partial charge on any atom is -0.545 e. The number of carboxylic acids is 1. The van der Waals surface area contributed by atoms with Crippen LogP contribution in [0.4, 0.5) is 10.8 Å². The van der Waals surface area contributed by atoms with Crippen molar-refractivity contribution in [1.29, 1.82) is 0 Å². The molecule has 0 saturated carbocycles. The number of para-hydroxylation sites is 1. The van der Waals surface area contributed by atoms with E-state index >= 15 is 0 Å². The SMILES string of the molecule is CC(C)Cc1nnc(NC(=O)CC(=O)Nc2ccccc2C(=O)[O-])s1. The fourth-order valence-corrected chi connectivity index (χ4v) is 2.98. The highest BCUT2D eigenvalue weighted by atomic mass is 32.1. The van der Waals surface area contributed by atoms with Crippen LogP contribution in [0.1, 0.15) is 35.6 Å². The Kier molecular flexibility index (Phi) is 6.18. The molecule has 2 amide bonds. The quantitative estimate of drug-likeness (QED) is 0.711. The zero-order valence-corrected chi connectivity index (χ0v) is 14.6. The van der Waals surface area contributed by atoms with Gasteiger partial charge in [-0.2, -0.15) is 0 Å². The summed E-state index contributed by atoms with van der Waals surface area (Å²) in [6.07, 6.45) is 0.286. The summed E-state index contributed by atoms with van der Waals surface area (Å²) in [6.45, 7) is 4.10. The number of benzene rings is 1. The highest BCUT2D eigenvalue weighted by Crippen LogP contribution is 2.18. The fourth-order valence-electron chi connectivity index (χ4n) is 2.01. The second kappa shape index (κ2) is 8.34. The van der Waals surface area contributed by atoms with Gasteiger partial charge in [-0.15, -0.1) is 10.2 Å². The van der Waals surface area contributed by atoms with Gasteiger partial charge in [0.05, 0.1) is 5.97 Å². The lowest BCUT2D eigenvalue weighted by Crippen LogP contribution is -2.26. The molecule has 1 aromatic heterocycles. The highest BCUT2D eigenvalue weighted by molar-refractivity contribution is 7.15. The third-order valence-corrected chi connectivity index (χ3v) is 3.90. The number of nitrogens with zero attached hydrogens (tertiary/aromatic N) is 2. The lowest BCUT2D eigenvalue weighted by Gasteiger charge is -2.11. The van der Waals surface area contributed by atoms with Crippen LogP contribution < -0.4 is 15.7 Å². The first-order chi connectivity index (χ1) is 11.8. The molecular weight excluding hydrogens is 344 g/mol. The maximum absolute atomic E-state index is 11.9. The number of aromatic nitrogens is 2. The van der Waals surface area contributed by atoms with Crippen molar-refractivity contribution in [2.75, 3.05) is 10.6 Å². The normalized spacial score (nSPS) is 10.5. The van der Waals surface area contributed by atoms with Crippen molar-refractivity contribution in [3.8, 4) is 0 Å². The van der Waals surface area contributed by atoms with Crippen molar-refractivity contribution in [1.82, 2.24) is 10.2 Å². The van der Waals surface area contributed by atoms with Crippen LogP contribution in [0.2, 0.25) is 0 Å². The zero-order chi connectivity index (χ0) is 18.4. The summed E-state index contributed by atoms with van der Waals surface area (Å²) in [5.41, 5.74) is -0.0749. The van der Waals surface area contributed by atoms with E-state index in [0.717, 1.165) is 11.4 Å². The molecule has 0 fully saturated rings. The number of hydrogen-bond donors (Lipinski definition) is 2. The molecule has 0 spiro atoms. The Morgan fingerprint density at radius 1 is 1.12 bits per heavy atom. The van der Waals surface area contributed by atoms with Gasteiger partial charge in [-0.05, 0) is 12.0 Å². The van der Waals surface area contributed by atoms with Crippen molar-refractivity contribution in [3.63, 3.8) is 0 Å². The van der Waals surface area contributed by atoms with E-state index in [0.29, 0.717) is 11.0 Å². The van der Waals surface area contributed by atoms with Crippen molar-refractivity contribution >= 4 is 39.9 Å². The molecule has 0 bridgehead atoms. The number of aromatic carboxylic acids is 1. The molecule has 1 aromatic carbocycles. The predicted molar refractivity (Wildman–Crippen MR) is 91.1 cm³/mol. The number of hydrogen-bond acceptors (Lipinski definition) is 7. The average Bonchev–Trinajstić information content (AvgIpc) is 2.93. The number of anilines is 2. The summed E-state index contributed by atoms with van der Waals surface area (Å²) in [6, 6.07) is 5.81. The van der Waals surface area contributed by atoms with Gasteiger partial charge in [0.15, 0.2) is 0 Å². The van der Waals surface area contributed by atoms with E-state index in [-0.39, 0.29) is 11.3 Å². The summed E-state index contributed by atoms with van der Waals surface area (Å²) in [5, 5.41) is 24.8. The number of rotatable bonds is 7. The standard InChI is InChI=1S/C16H18N4O4S/c1-9(2)7-14-19-20-16(25-14)18-13(22)8-12(21)17-11-6-4-3-5-10(11)15(23)24/h3-6,9H,7-8H2,1-2H3,(H,17,21)(H,23,24)(H,18,20,22)/p-1. The Hall–Kier alpha value is -2.81. The third-order valence-electron chi connectivity index (χ3n) is 3.04. The third kappa shape index (κ3) is 5.64. The van der Waals surface area contributed by atoms with Gasteiger partial charge in [0, 0.05) is 17.7 Å². The molecule has 8 nitrogen and oxygen atoms in total. The molecule has 25 heavy (non-hydrogen) atoms. The Labute approximate surface area is 148 Å². The number of carboxylic acid groups (broad SMARTS) is 1. The van der Waals surface area contributed by atoms with Gasteiger partial charge in [0.2, 0.25) is 16.9 Å². The van der Waals surface area contributed by atoms with Crippen LogP contribution in [-0.2, 0) is 16.0 Å². The summed E-state index contributed by atoms with van der Waals surface area (Å²) in [5.74, 6) is -2.19. The largest absolute Gasteiger partial charge is 0.545 e. The second-order valence-electron chi connectivity index (χ2n) is 5.71. The molecule has 132 valence electrons. The van der Waals surface area contributed by atoms with Gasteiger partial charge in [-0.25, -0.2) is 0 Å². The summed E-state index contributed by atoms with van der Waals surface area (Å²) < 4.78 is 0. The highest BCUT2D eigenvalue weighted by Gasteiger charge is 2.14. The topological polar surface area (TPSA) is 124 Å². The van der Waals surface area contributed by atoms with E-state index < -0.39 is 24.2 Å². The van der Waals surface area contributed by atoms with Gasteiger partial charge in [-0.3, -0.25) is 9.59 Å². The first kappa shape index (κ1) is 18.5.